The van der Waals surface area contributed by atoms with Gasteiger partial charge in [0.2, 0.25) is 5.82 Å². The van der Waals surface area contributed by atoms with E-state index < -0.39 is 0 Å². The first kappa shape index (κ1) is 12.6. The summed E-state index contributed by atoms with van der Waals surface area (Å²) in [6, 6.07) is 3.58. The fourth-order valence-corrected chi connectivity index (χ4v) is 2.02. The molecule has 1 fully saturated rings. The molecule has 1 heterocycles. The average molecular weight is 250 g/mol. The number of rotatable bonds is 6. The monoisotopic (exact) mass is 250 g/mol. The Kier molecular flexibility index (Phi) is 3.64. The molecule has 0 bridgehead atoms. The van der Waals surface area contributed by atoms with Crippen molar-refractivity contribution in [1.29, 1.82) is 0 Å². The van der Waals surface area contributed by atoms with Gasteiger partial charge in [-0.15, -0.1) is 0 Å². The molecule has 6 nitrogen and oxygen atoms in total. The zero-order valence-electron chi connectivity index (χ0n) is 10.7. The molecule has 0 atom stereocenters. The van der Waals surface area contributed by atoms with Crippen molar-refractivity contribution >= 4 is 17.3 Å². The van der Waals surface area contributed by atoms with Crippen LogP contribution in [0.4, 0.5) is 17.3 Å². The summed E-state index contributed by atoms with van der Waals surface area (Å²) < 4.78 is 0. The highest BCUT2D eigenvalue weighted by molar-refractivity contribution is 5.62. The van der Waals surface area contributed by atoms with Gasteiger partial charge in [-0.05, 0) is 25.3 Å². The lowest BCUT2D eigenvalue weighted by Crippen LogP contribution is -2.28. The molecule has 0 saturated heterocycles. The van der Waals surface area contributed by atoms with Gasteiger partial charge in [-0.25, -0.2) is 4.98 Å². The van der Waals surface area contributed by atoms with E-state index >= 15 is 0 Å². The Balaban J connectivity index is 2.40. The van der Waals surface area contributed by atoms with E-state index in [2.05, 4.69) is 22.1 Å². The van der Waals surface area contributed by atoms with E-state index in [1.54, 1.807) is 13.1 Å². The Morgan fingerprint density at radius 1 is 1.56 bits per heavy atom. The first-order valence-corrected chi connectivity index (χ1v) is 6.27. The molecule has 1 aromatic heterocycles. The summed E-state index contributed by atoms with van der Waals surface area (Å²) in [5, 5.41) is 14.0. The third kappa shape index (κ3) is 2.52. The first-order valence-electron chi connectivity index (χ1n) is 6.27. The number of nitrogens with zero attached hydrogens (tertiary/aromatic N) is 3. The zero-order valence-corrected chi connectivity index (χ0v) is 10.7. The normalized spacial score (nSPS) is 14.3. The van der Waals surface area contributed by atoms with Crippen molar-refractivity contribution in [1.82, 2.24) is 4.98 Å². The molecule has 6 heteroatoms. The third-order valence-corrected chi connectivity index (χ3v) is 3.03. The lowest BCUT2D eigenvalue weighted by atomic mass is 10.3. The van der Waals surface area contributed by atoms with Gasteiger partial charge in [-0.3, -0.25) is 10.1 Å². The third-order valence-electron chi connectivity index (χ3n) is 3.03. The molecule has 0 amide bonds. The Labute approximate surface area is 106 Å². The molecule has 2 rings (SSSR count). The summed E-state index contributed by atoms with van der Waals surface area (Å²) >= 11 is 0. The summed E-state index contributed by atoms with van der Waals surface area (Å²) in [5.41, 5.74) is 0.0920. The Morgan fingerprint density at radius 2 is 2.28 bits per heavy atom. The van der Waals surface area contributed by atoms with Crippen LogP contribution in [-0.2, 0) is 0 Å². The zero-order chi connectivity index (χ0) is 13.1. The second-order valence-corrected chi connectivity index (χ2v) is 4.47. The van der Waals surface area contributed by atoms with Crippen LogP contribution in [0.2, 0.25) is 0 Å². The van der Waals surface area contributed by atoms with Crippen molar-refractivity contribution in [2.24, 2.45) is 0 Å². The van der Waals surface area contributed by atoms with Gasteiger partial charge in [0.05, 0.1) is 4.92 Å². The highest BCUT2D eigenvalue weighted by Crippen LogP contribution is 2.36. The smallest absolute Gasteiger partial charge is 0.311 e. The van der Waals surface area contributed by atoms with Gasteiger partial charge in [0.1, 0.15) is 5.82 Å². The molecule has 0 radical (unpaired) electrons. The van der Waals surface area contributed by atoms with E-state index in [0.29, 0.717) is 17.7 Å². The van der Waals surface area contributed by atoms with E-state index in [1.807, 2.05) is 0 Å². The predicted octanol–water partition coefficient (Wildman–Crippen LogP) is 2.41. The van der Waals surface area contributed by atoms with Gasteiger partial charge in [-0.2, -0.15) is 0 Å². The molecule has 1 aliphatic rings. The van der Waals surface area contributed by atoms with Crippen LogP contribution in [0.1, 0.15) is 26.2 Å². The summed E-state index contributed by atoms with van der Waals surface area (Å²) in [6.45, 7) is 2.88. The molecule has 0 unspecified atom stereocenters. The van der Waals surface area contributed by atoms with Gasteiger partial charge in [-0.1, -0.05) is 6.92 Å². The van der Waals surface area contributed by atoms with Crippen LogP contribution in [0.15, 0.2) is 12.1 Å². The maximum atomic E-state index is 11.1. The molecular formula is C12H18N4O2. The maximum Gasteiger partial charge on any atom is 0.311 e. The lowest BCUT2D eigenvalue weighted by molar-refractivity contribution is -0.384. The molecule has 0 aromatic carbocycles. The number of pyridine rings is 1. The van der Waals surface area contributed by atoms with E-state index in [1.165, 1.54) is 6.07 Å². The number of hydrogen-bond acceptors (Lipinski definition) is 5. The van der Waals surface area contributed by atoms with Crippen LogP contribution in [0.25, 0.3) is 0 Å². The number of nitrogens with one attached hydrogen (secondary N) is 1. The Bertz CT molecular complexity index is 446. The van der Waals surface area contributed by atoms with Crippen LogP contribution in [0.3, 0.4) is 0 Å². The second-order valence-electron chi connectivity index (χ2n) is 4.47. The first-order chi connectivity index (χ1) is 8.67. The van der Waals surface area contributed by atoms with Crippen LogP contribution >= 0.6 is 0 Å². The fraction of sp³-hybridized carbons (Fsp3) is 0.583. The van der Waals surface area contributed by atoms with E-state index in [4.69, 9.17) is 0 Å². The Morgan fingerprint density at radius 3 is 2.78 bits per heavy atom. The van der Waals surface area contributed by atoms with E-state index in [0.717, 1.165) is 25.8 Å². The van der Waals surface area contributed by atoms with Crippen molar-refractivity contribution in [2.45, 2.75) is 32.2 Å². The summed E-state index contributed by atoms with van der Waals surface area (Å²) in [5.74, 6) is 1.16. The van der Waals surface area contributed by atoms with Crippen LogP contribution < -0.4 is 10.2 Å². The average Bonchev–Trinajstić information content (AvgIpc) is 3.19. The molecule has 0 spiro atoms. The molecule has 98 valence electrons. The highest BCUT2D eigenvalue weighted by atomic mass is 16.6. The highest BCUT2D eigenvalue weighted by Gasteiger charge is 2.33. The molecule has 1 saturated carbocycles. The number of anilines is 2. The molecule has 18 heavy (non-hydrogen) atoms. The molecular weight excluding hydrogens is 232 g/mol. The van der Waals surface area contributed by atoms with Crippen LogP contribution in [0.5, 0.6) is 0 Å². The summed E-state index contributed by atoms with van der Waals surface area (Å²) in [6.07, 6.45) is 3.16. The lowest BCUT2D eigenvalue weighted by Gasteiger charge is -2.22. The minimum atomic E-state index is -0.354. The number of nitro groups is 1. The molecule has 1 aromatic rings. The Hall–Kier alpha value is -1.85. The number of aromatic nitrogens is 1. The number of hydrogen-bond donors (Lipinski definition) is 1. The van der Waals surface area contributed by atoms with Gasteiger partial charge < -0.3 is 10.2 Å². The van der Waals surface area contributed by atoms with E-state index in [-0.39, 0.29) is 10.6 Å². The topological polar surface area (TPSA) is 71.3 Å². The van der Waals surface area contributed by atoms with Crippen molar-refractivity contribution in [2.75, 3.05) is 23.8 Å². The quantitative estimate of drug-likeness (QED) is 0.620. The second kappa shape index (κ2) is 5.20. The van der Waals surface area contributed by atoms with Crippen LogP contribution in [0, 0.1) is 10.1 Å². The van der Waals surface area contributed by atoms with Gasteiger partial charge in [0.15, 0.2) is 0 Å². The molecule has 1 aliphatic carbocycles. The van der Waals surface area contributed by atoms with Gasteiger partial charge in [0.25, 0.3) is 0 Å². The minimum absolute atomic E-state index is 0.0920. The largest absolute Gasteiger partial charge is 0.373 e. The summed E-state index contributed by atoms with van der Waals surface area (Å²) in [4.78, 5) is 17.2. The van der Waals surface area contributed by atoms with Gasteiger partial charge >= 0.3 is 5.69 Å². The summed E-state index contributed by atoms with van der Waals surface area (Å²) in [7, 11) is 1.76. The van der Waals surface area contributed by atoms with Crippen molar-refractivity contribution in [3.8, 4) is 0 Å². The molecule has 1 N–H and O–H groups in total. The van der Waals surface area contributed by atoms with Crippen LogP contribution in [-0.4, -0.2) is 29.5 Å². The SMILES string of the molecule is CCCN(c1nc(NC)ccc1[N+](=O)[O-])C1CC1. The minimum Gasteiger partial charge on any atom is -0.373 e. The van der Waals surface area contributed by atoms with Crippen molar-refractivity contribution in [3.05, 3.63) is 22.2 Å². The molecule has 0 aliphatic heterocycles. The van der Waals surface area contributed by atoms with Crippen molar-refractivity contribution in [3.63, 3.8) is 0 Å². The van der Waals surface area contributed by atoms with Gasteiger partial charge in [0, 0.05) is 25.7 Å². The van der Waals surface area contributed by atoms with Crippen molar-refractivity contribution < 1.29 is 4.92 Å². The van der Waals surface area contributed by atoms with E-state index in [9.17, 15) is 10.1 Å². The fourth-order valence-electron chi connectivity index (χ4n) is 2.02. The predicted molar refractivity (Wildman–Crippen MR) is 71.1 cm³/mol. The standard InChI is InChI=1S/C12H18N4O2/c1-3-8-15(9-4-5-9)12-10(16(17)18)6-7-11(13-2)14-12/h6-7,9H,3-5,8H2,1-2H3,(H,13,14). The maximum absolute atomic E-state index is 11.1.